The lowest BCUT2D eigenvalue weighted by molar-refractivity contribution is 1.30. The van der Waals surface area contributed by atoms with E-state index in [-0.39, 0.29) is 0 Å². The molecule has 0 fully saturated rings. The van der Waals surface area contributed by atoms with Gasteiger partial charge in [0.1, 0.15) is 0 Å². The zero-order valence-electron chi connectivity index (χ0n) is 9.89. The second kappa shape index (κ2) is 7.18. The van der Waals surface area contributed by atoms with Gasteiger partial charge in [-0.25, -0.2) is 0 Å². The fourth-order valence-electron chi connectivity index (χ4n) is 1.41. The molecule has 0 aliphatic heterocycles. The van der Waals surface area contributed by atoms with Crippen LogP contribution in [0.4, 0.5) is 0 Å². The fourth-order valence-corrected chi connectivity index (χ4v) is 1.41. The van der Waals surface area contributed by atoms with Crippen LogP contribution in [0.15, 0.2) is 67.3 Å². The van der Waals surface area contributed by atoms with Crippen LogP contribution in [0.1, 0.15) is 17.5 Å². The molecule has 0 unspecified atom stereocenters. The van der Waals surface area contributed by atoms with Crippen molar-refractivity contribution >= 4 is 12.3 Å². The minimum absolute atomic E-state index is 0.849. The second-order valence-corrected chi connectivity index (χ2v) is 3.60. The Morgan fingerprint density at radius 3 is 2.29 bits per heavy atom. The van der Waals surface area contributed by atoms with Crippen LogP contribution in [0.25, 0.3) is 6.08 Å². The summed E-state index contributed by atoms with van der Waals surface area (Å²) < 4.78 is 0. The number of nitrogens with one attached hydrogen (secondary N) is 1. The predicted octanol–water partition coefficient (Wildman–Crippen LogP) is 4.39. The molecule has 1 nitrogen and oxygen atoms in total. The van der Waals surface area contributed by atoms with Crippen molar-refractivity contribution in [1.82, 2.24) is 0 Å². The van der Waals surface area contributed by atoms with Crippen LogP contribution in [0.3, 0.4) is 0 Å². The Kier molecular flexibility index (Phi) is 5.45. The van der Waals surface area contributed by atoms with Crippen LogP contribution in [-0.4, -0.2) is 6.21 Å². The zero-order valence-corrected chi connectivity index (χ0v) is 9.89. The SMILES string of the molecule is C=C/C=C(\C=C)C/C=C/c1ccc(C=N)cc1. The molecule has 0 saturated heterocycles. The van der Waals surface area contributed by atoms with E-state index in [4.69, 9.17) is 5.41 Å². The van der Waals surface area contributed by atoms with Crippen LogP contribution in [-0.2, 0) is 0 Å². The van der Waals surface area contributed by atoms with Gasteiger partial charge in [-0.15, -0.1) is 0 Å². The number of allylic oxidation sites excluding steroid dienone is 5. The number of hydrogen-bond donors (Lipinski definition) is 1. The van der Waals surface area contributed by atoms with Gasteiger partial charge in [0.15, 0.2) is 0 Å². The summed E-state index contributed by atoms with van der Waals surface area (Å²) in [6.45, 7) is 7.42. The first kappa shape index (κ1) is 12.9. The zero-order chi connectivity index (χ0) is 12.5. The van der Waals surface area contributed by atoms with Crippen LogP contribution < -0.4 is 0 Å². The molecule has 0 saturated carbocycles. The van der Waals surface area contributed by atoms with Gasteiger partial charge >= 0.3 is 0 Å². The van der Waals surface area contributed by atoms with Crippen molar-refractivity contribution in [3.8, 4) is 0 Å². The molecule has 1 aromatic rings. The van der Waals surface area contributed by atoms with E-state index in [1.165, 1.54) is 6.21 Å². The first-order chi connectivity index (χ1) is 8.30. The maximum atomic E-state index is 7.11. The van der Waals surface area contributed by atoms with Crippen molar-refractivity contribution in [2.45, 2.75) is 6.42 Å². The largest absolute Gasteiger partial charge is 0.308 e. The van der Waals surface area contributed by atoms with Gasteiger partial charge in [0.05, 0.1) is 0 Å². The van der Waals surface area contributed by atoms with Crippen molar-refractivity contribution in [2.75, 3.05) is 0 Å². The van der Waals surface area contributed by atoms with Crippen LogP contribution >= 0.6 is 0 Å². The highest BCUT2D eigenvalue weighted by Crippen LogP contribution is 2.08. The number of hydrogen-bond acceptors (Lipinski definition) is 1. The smallest absolute Gasteiger partial charge is 0.0250 e. The highest BCUT2D eigenvalue weighted by molar-refractivity contribution is 5.77. The number of rotatable bonds is 6. The molecule has 0 atom stereocenters. The van der Waals surface area contributed by atoms with E-state index in [0.29, 0.717) is 0 Å². The minimum Gasteiger partial charge on any atom is -0.308 e. The van der Waals surface area contributed by atoms with Crippen molar-refractivity contribution in [1.29, 1.82) is 5.41 Å². The molecule has 0 aliphatic carbocycles. The maximum Gasteiger partial charge on any atom is 0.0250 e. The summed E-state index contributed by atoms with van der Waals surface area (Å²) in [5.41, 5.74) is 3.20. The molecule has 1 rings (SSSR count). The van der Waals surface area contributed by atoms with Gasteiger partial charge in [-0.05, 0) is 23.1 Å². The first-order valence-corrected chi connectivity index (χ1v) is 5.51. The molecule has 1 N–H and O–H groups in total. The highest BCUT2D eigenvalue weighted by atomic mass is 14.3. The molecule has 1 aromatic carbocycles. The van der Waals surface area contributed by atoms with Gasteiger partial charge in [0, 0.05) is 6.21 Å². The third kappa shape index (κ3) is 4.47. The average Bonchev–Trinajstić information content (AvgIpc) is 2.38. The summed E-state index contributed by atoms with van der Waals surface area (Å²) in [6.07, 6.45) is 11.9. The molecule has 0 spiro atoms. The Morgan fingerprint density at radius 1 is 1.12 bits per heavy atom. The van der Waals surface area contributed by atoms with E-state index in [0.717, 1.165) is 23.1 Å². The molecule has 17 heavy (non-hydrogen) atoms. The fraction of sp³-hybridized carbons (Fsp3) is 0.0625. The molecule has 0 radical (unpaired) electrons. The molecule has 0 amide bonds. The lowest BCUT2D eigenvalue weighted by atomic mass is 10.1. The Morgan fingerprint density at radius 2 is 1.76 bits per heavy atom. The van der Waals surface area contributed by atoms with Gasteiger partial charge in [0.2, 0.25) is 0 Å². The topological polar surface area (TPSA) is 23.9 Å². The van der Waals surface area contributed by atoms with Gasteiger partial charge in [0.25, 0.3) is 0 Å². The molecule has 0 heterocycles. The van der Waals surface area contributed by atoms with Crippen LogP contribution in [0.2, 0.25) is 0 Å². The third-order valence-electron chi connectivity index (χ3n) is 2.36. The molecular weight excluding hydrogens is 206 g/mol. The van der Waals surface area contributed by atoms with Gasteiger partial charge < -0.3 is 5.41 Å². The first-order valence-electron chi connectivity index (χ1n) is 5.51. The van der Waals surface area contributed by atoms with Crippen molar-refractivity contribution < 1.29 is 0 Å². The van der Waals surface area contributed by atoms with E-state index in [2.05, 4.69) is 25.3 Å². The minimum atomic E-state index is 0.849. The van der Waals surface area contributed by atoms with Crippen molar-refractivity contribution in [3.05, 3.63) is 78.4 Å². The summed E-state index contributed by atoms with van der Waals surface area (Å²) in [6, 6.07) is 7.87. The van der Waals surface area contributed by atoms with Crippen LogP contribution in [0, 0.1) is 5.41 Å². The number of benzene rings is 1. The normalized spacial score (nSPS) is 11.4. The Balaban J connectivity index is 2.64. The summed E-state index contributed by atoms with van der Waals surface area (Å²) in [4.78, 5) is 0. The van der Waals surface area contributed by atoms with Gasteiger partial charge in [-0.3, -0.25) is 0 Å². The highest BCUT2D eigenvalue weighted by Gasteiger charge is 1.89. The molecule has 1 heteroatoms. The van der Waals surface area contributed by atoms with E-state index < -0.39 is 0 Å². The average molecular weight is 223 g/mol. The second-order valence-electron chi connectivity index (χ2n) is 3.60. The summed E-state index contributed by atoms with van der Waals surface area (Å²) in [5.74, 6) is 0. The molecular formula is C16H17N. The lowest BCUT2D eigenvalue weighted by Gasteiger charge is -1.96. The molecule has 0 aromatic heterocycles. The molecule has 0 aliphatic rings. The standard InChI is InChI=1S/C16H17N/c1-3-6-14(4-2)7-5-8-15-9-11-16(13-17)12-10-15/h3-6,8-13,17H,1-2,7H2/b8-5+,14-6+,17-13?. The monoisotopic (exact) mass is 223 g/mol. The predicted molar refractivity (Wildman–Crippen MR) is 76.5 cm³/mol. The maximum absolute atomic E-state index is 7.11. The van der Waals surface area contributed by atoms with Gasteiger partial charge in [-0.2, -0.15) is 0 Å². The van der Waals surface area contributed by atoms with E-state index >= 15 is 0 Å². The Labute approximate surface area is 103 Å². The van der Waals surface area contributed by atoms with Crippen molar-refractivity contribution in [3.63, 3.8) is 0 Å². The van der Waals surface area contributed by atoms with Crippen molar-refractivity contribution in [2.24, 2.45) is 0 Å². The summed E-state index contributed by atoms with van der Waals surface area (Å²) in [5, 5.41) is 7.11. The third-order valence-corrected chi connectivity index (χ3v) is 2.36. The summed E-state index contributed by atoms with van der Waals surface area (Å²) >= 11 is 0. The molecule has 0 bridgehead atoms. The Bertz CT molecular complexity index is 447. The van der Waals surface area contributed by atoms with E-state index in [9.17, 15) is 0 Å². The Hall–Kier alpha value is -2.15. The van der Waals surface area contributed by atoms with Crippen LogP contribution in [0.5, 0.6) is 0 Å². The van der Waals surface area contributed by atoms with Gasteiger partial charge in [-0.1, -0.05) is 67.8 Å². The quantitative estimate of drug-likeness (QED) is 0.546. The van der Waals surface area contributed by atoms with E-state index in [1.54, 1.807) is 6.08 Å². The summed E-state index contributed by atoms with van der Waals surface area (Å²) in [7, 11) is 0. The molecule has 86 valence electrons. The van der Waals surface area contributed by atoms with E-state index in [1.807, 2.05) is 36.4 Å². The lowest BCUT2D eigenvalue weighted by Crippen LogP contribution is -1.79.